The molecule has 0 fully saturated rings. The minimum atomic E-state index is -0.166. The molecule has 0 aliphatic rings. The van der Waals surface area contributed by atoms with Crippen molar-refractivity contribution in [3.63, 3.8) is 0 Å². The monoisotopic (exact) mass is 439 g/mol. The Labute approximate surface area is 170 Å². The van der Waals surface area contributed by atoms with Crippen molar-refractivity contribution in [2.24, 2.45) is 0 Å². The van der Waals surface area contributed by atoms with Gasteiger partial charge in [0, 0.05) is 27.0 Å². The van der Waals surface area contributed by atoms with E-state index in [1.54, 1.807) is 12.1 Å². The summed E-state index contributed by atoms with van der Waals surface area (Å²) in [6.45, 7) is 0.490. The summed E-state index contributed by atoms with van der Waals surface area (Å²) < 4.78 is 6.82. The number of carbonyl (C=O) groups is 1. The number of rotatable bonds is 5. The maximum atomic E-state index is 13.1. The molecule has 4 aromatic rings. The molecule has 1 aromatic heterocycles. The molecule has 0 radical (unpaired) electrons. The van der Waals surface area contributed by atoms with Gasteiger partial charge >= 0.3 is 0 Å². The fraction of sp³-hybridized carbons (Fsp3) is 0.0455. The largest absolute Gasteiger partial charge is 0.450 e. The average molecular weight is 441 g/mol. The van der Waals surface area contributed by atoms with Crippen molar-refractivity contribution in [2.75, 3.05) is 5.32 Å². The van der Waals surface area contributed by atoms with E-state index in [0.29, 0.717) is 34.2 Å². The van der Waals surface area contributed by atoms with Gasteiger partial charge in [0.25, 0.3) is 0 Å². The average Bonchev–Trinajstić information content (AvgIpc) is 3.06. The topological polar surface area (TPSA) is 42.2 Å². The highest BCUT2D eigenvalue weighted by atomic mass is 79.9. The number of benzene rings is 3. The minimum absolute atomic E-state index is 0.166. The summed E-state index contributed by atoms with van der Waals surface area (Å²) in [4.78, 5) is 13.1. The lowest BCUT2D eigenvalue weighted by Gasteiger charge is -2.09. The third-order valence-electron chi connectivity index (χ3n) is 4.32. The smallest absolute Gasteiger partial charge is 0.230 e. The Morgan fingerprint density at radius 1 is 0.963 bits per heavy atom. The molecule has 4 rings (SSSR count). The molecule has 134 valence electrons. The van der Waals surface area contributed by atoms with Crippen LogP contribution in [0.25, 0.3) is 11.0 Å². The summed E-state index contributed by atoms with van der Waals surface area (Å²) >= 11 is 9.65. The molecule has 3 nitrogen and oxygen atoms in total. The number of hydrogen-bond acceptors (Lipinski definition) is 3. The van der Waals surface area contributed by atoms with Gasteiger partial charge in [0.2, 0.25) is 5.78 Å². The molecule has 27 heavy (non-hydrogen) atoms. The van der Waals surface area contributed by atoms with Crippen LogP contribution < -0.4 is 5.32 Å². The van der Waals surface area contributed by atoms with Gasteiger partial charge in [-0.1, -0.05) is 57.9 Å². The second-order valence-electron chi connectivity index (χ2n) is 6.08. The van der Waals surface area contributed by atoms with E-state index in [1.165, 1.54) is 0 Å². The zero-order chi connectivity index (χ0) is 18.8. The molecular weight excluding hydrogens is 426 g/mol. The summed E-state index contributed by atoms with van der Waals surface area (Å²) in [6, 6.07) is 22.5. The van der Waals surface area contributed by atoms with Crippen LogP contribution in [-0.2, 0) is 6.54 Å². The second kappa shape index (κ2) is 7.59. The van der Waals surface area contributed by atoms with Crippen LogP contribution in [0.2, 0.25) is 5.02 Å². The van der Waals surface area contributed by atoms with Crippen LogP contribution in [0.3, 0.4) is 0 Å². The second-order valence-corrected chi connectivity index (χ2v) is 7.41. The fourth-order valence-electron chi connectivity index (χ4n) is 2.94. The van der Waals surface area contributed by atoms with Crippen molar-refractivity contribution in [3.8, 4) is 0 Å². The van der Waals surface area contributed by atoms with Gasteiger partial charge < -0.3 is 9.73 Å². The van der Waals surface area contributed by atoms with Crippen molar-refractivity contribution < 1.29 is 9.21 Å². The zero-order valence-electron chi connectivity index (χ0n) is 14.2. The molecule has 1 heterocycles. The summed E-state index contributed by atoms with van der Waals surface area (Å²) in [7, 11) is 0. The number of ketones is 1. The van der Waals surface area contributed by atoms with Crippen LogP contribution in [0.4, 0.5) is 5.69 Å². The van der Waals surface area contributed by atoms with E-state index in [4.69, 9.17) is 16.0 Å². The molecule has 0 bridgehead atoms. The molecule has 0 saturated heterocycles. The molecule has 0 spiro atoms. The predicted octanol–water partition coefficient (Wildman–Crippen LogP) is 6.69. The number of halogens is 2. The molecule has 0 atom stereocenters. The van der Waals surface area contributed by atoms with Crippen LogP contribution >= 0.6 is 27.5 Å². The number of fused-ring (bicyclic) bond motifs is 1. The van der Waals surface area contributed by atoms with Crippen molar-refractivity contribution in [3.05, 3.63) is 99.2 Å². The number of furan rings is 1. The fourth-order valence-corrected chi connectivity index (χ4v) is 3.41. The summed E-state index contributed by atoms with van der Waals surface area (Å²) in [5.41, 5.74) is 2.86. The van der Waals surface area contributed by atoms with Gasteiger partial charge in [0.05, 0.1) is 5.69 Å². The third kappa shape index (κ3) is 3.64. The highest BCUT2D eigenvalue weighted by Gasteiger charge is 2.22. The highest BCUT2D eigenvalue weighted by molar-refractivity contribution is 9.10. The molecule has 0 saturated carbocycles. The minimum Gasteiger partial charge on any atom is -0.450 e. The zero-order valence-corrected chi connectivity index (χ0v) is 16.5. The number of para-hydroxylation sites is 1. The lowest BCUT2D eigenvalue weighted by molar-refractivity contribution is 0.101. The van der Waals surface area contributed by atoms with E-state index >= 15 is 0 Å². The van der Waals surface area contributed by atoms with Crippen LogP contribution in [0.5, 0.6) is 0 Å². The van der Waals surface area contributed by atoms with Gasteiger partial charge in [-0.3, -0.25) is 4.79 Å². The first-order valence-electron chi connectivity index (χ1n) is 8.42. The predicted molar refractivity (Wildman–Crippen MR) is 113 cm³/mol. The molecule has 3 aromatic carbocycles. The summed E-state index contributed by atoms with van der Waals surface area (Å²) in [5.74, 6) is 0.130. The van der Waals surface area contributed by atoms with Gasteiger partial charge in [-0.15, -0.1) is 0 Å². The Bertz CT molecular complexity index is 1120. The maximum absolute atomic E-state index is 13.1. The molecule has 0 aliphatic carbocycles. The van der Waals surface area contributed by atoms with Gasteiger partial charge in [0.1, 0.15) is 5.58 Å². The summed E-state index contributed by atoms with van der Waals surface area (Å²) in [6.07, 6.45) is 0. The Morgan fingerprint density at radius 2 is 1.67 bits per heavy atom. The Kier molecular flexibility index (Phi) is 5.01. The molecule has 0 unspecified atom stereocenters. The Hall–Kier alpha value is -2.56. The Balaban J connectivity index is 1.74. The van der Waals surface area contributed by atoms with Gasteiger partial charge in [0.15, 0.2) is 5.76 Å². The number of hydrogen-bond donors (Lipinski definition) is 1. The molecular formula is C22H15BrClNO2. The van der Waals surface area contributed by atoms with Crippen molar-refractivity contribution >= 4 is 50.0 Å². The van der Waals surface area contributed by atoms with Gasteiger partial charge in [-0.25, -0.2) is 0 Å². The molecule has 1 N–H and O–H groups in total. The first-order chi connectivity index (χ1) is 13.1. The van der Waals surface area contributed by atoms with Crippen molar-refractivity contribution in [1.29, 1.82) is 0 Å². The summed E-state index contributed by atoms with van der Waals surface area (Å²) in [5, 5.41) is 4.89. The SMILES string of the molecule is O=C(c1ccc(Br)cc1)c1oc2ccccc2c1NCc1ccccc1Cl. The van der Waals surface area contributed by atoms with E-state index < -0.39 is 0 Å². The lowest BCUT2D eigenvalue weighted by Crippen LogP contribution is -2.06. The van der Waals surface area contributed by atoms with E-state index in [2.05, 4.69) is 21.2 Å². The van der Waals surface area contributed by atoms with E-state index in [-0.39, 0.29) is 5.78 Å². The standard InChI is InChI=1S/C22H15BrClNO2/c23-16-11-9-14(10-12-16)21(26)22-20(17-6-2-4-8-19(17)27-22)25-13-15-5-1-3-7-18(15)24/h1-12,25H,13H2. The number of carbonyl (C=O) groups excluding carboxylic acids is 1. The maximum Gasteiger partial charge on any atom is 0.230 e. The van der Waals surface area contributed by atoms with Crippen molar-refractivity contribution in [2.45, 2.75) is 6.54 Å². The van der Waals surface area contributed by atoms with Gasteiger partial charge in [-0.2, -0.15) is 0 Å². The van der Waals surface area contributed by atoms with E-state index in [0.717, 1.165) is 15.4 Å². The van der Waals surface area contributed by atoms with Crippen LogP contribution in [0.15, 0.2) is 81.7 Å². The third-order valence-corrected chi connectivity index (χ3v) is 5.22. The highest BCUT2D eigenvalue weighted by Crippen LogP contribution is 2.33. The van der Waals surface area contributed by atoms with Crippen LogP contribution in [0.1, 0.15) is 21.7 Å². The lowest BCUT2D eigenvalue weighted by atomic mass is 10.1. The first kappa shape index (κ1) is 17.8. The van der Waals surface area contributed by atoms with E-state index in [1.807, 2.05) is 60.7 Å². The van der Waals surface area contributed by atoms with Gasteiger partial charge in [-0.05, 0) is 48.0 Å². The number of nitrogens with one attached hydrogen (secondary N) is 1. The Morgan fingerprint density at radius 3 is 2.44 bits per heavy atom. The molecule has 0 aliphatic heterocycles. The van der Waals surface area contributed by atoms with Crippen molar-refractivity contribution in [1.82, 2.24) is 0 Å². The molecule has 5 heteroatoms. The van der Waals surface area contributed by atoms with Crippen LogP contribution in [0, 0.1) is 0 Å². The first-order valence-corrected chi connectivity index (χ1v) is 9.59. The normalized spacial score (nSPS) is 10.9. The van der Waals surface area contributed by atoms with Crippen LogP contribution in [-0.4, -0.2) is 5.78 Å². The quantitative estimate of drug-likeness (QED) is 0.351. The number of anilines is 1. The molecule has 0 amide bonds. The van der Waals surface area contributed by atoms with E-state index in [9.17, 15) is 4.79 Å².